The molecule has 2 aliphatic rings. The van der Waals surface area contributed by atoms with E-state index >= 15 is 0 Å². The molecule has 0 bridgehead atoms. The molecule has 9 nitrogen and oxygen atoms in total. The van der Waals surface area contributed by atoms with E-state index < -0.39 is 11.8 Å². The molecule has 10 heteroatoms. The minimum atomic E-state index is -0.766. The molecule has 0 spiro atoms. The lowest BCUT2D eigenvalue weighted by Crippen LogP contribution is -2.38. The van der Waals surface area contributed by atoms with Crippen molar-refractivity contribution in [2.75, 3.05) is 41.0 Å². The van der Waals surface area contributed by atoms with Crippen molar-refractivity contribution >= 4 is 46.7 Å². The predicted molar refractivity (Wildman–Crippen MR) is 98.0 cm³/mol. The van der Waals surface area contributed by atoms with Crippen molar-refractivity contribution < 1.29 is 14.3 Å². The number of carbonyl (C=O) groups is 2. The lowest BCUT2D eigenvalue weighted by molar-refractivity contribution is -0.133. The lowest BCUT2D eigenvalue weighted by Gasteiger charge is -2.26. The summed E-state index contributed by atoms with van der Waals surface area (Å²) in [5, 5.41) is 4.34. The maximum absolute atomic E-state index is 12.5. The van der Waals surface area contributed by atoms with Gasteiger partial charge in [0.1, 0.15) is 0 Å². The zero-order chi connectivity index (χ0) is 18.3. The van der Waals surface area contributed by atoms with E-state index in [0.29, 0.717) is 37.9 Å². The molecule has 2 amide bonds. The van der Waals surface area contributed by atoms with E-state index in [-0.39, 0.29) is 11.1 Å². The van der Waals surface area contributed by atoms with Crippen LogP contribution in [-0.4, -0.2) is 58.0 Å². The average molecular weight is 372 g/mol. The first-order valence-electron chi connectivity index (χ1n) is 8.09. The minimum absolute atomic E-state index is 0.0466. The second kappa shape index (κ2) is 6.46. The highest BCUT2D eigenvalue weighted by molar-refractivity contribution is 7.81. The summed E-state index contributed by atoms with van der Waals surface area (Å²) in [4.78, 5) is 33.7. The largest absolute Gasteiger partial charge is 0.378 e. The van der Waals surface area contributed by atoms with Crippen molar-refractivity contribution in [3.63, 3.8) is 0 Å². The zero-order valence-electron chi connectivity index (χ0n) is 14.0. The van der Waals surface area contributed by atoms with Gasteiger partial charge in [0.2, 0.25) is 5.95 Å². The van der Waals surface area contributed by atoms with Gasteiger partial charge in [-0.1, -0.05) is 18.2 Å². The quantitative estimate of drug-likeness (QED) is 0.567. The van der Waals surface area contributed by atoms with Gasteiger partial charge in [-0.2, -0.15) is 4.98 Å². The fourth-order valence-corrected chi connectivity index (χ4v) is 3.30. The molecule has 0 saturated carbocycles. The van der Waals surface area contributed by atoms with Crippen molar-refractivity contribution in [3.05, 3.63) is 30.3 Å². The van der Waals surface area contributed by atoms with Crippen LogP contribution in [0.15, 0.2) is 30.3 Å². The number of anilines is 3. The molecule has 0 aliphatic carbocycles. The van der Waals surface area contributed by atoms with E-state index in [2.05, 4.69) is 10.1 Å². The molecule has 0 unspecified atom stereocenters. The van der Waals surface area contributed by atoms with Crippen molar-refractivity contribution in [1.82, 2.24) is 14.8 Å². The topological polar surface area (TPSA) is 83.8 Å². The van der Waals surface area contributed by atoms with Crippen LogP contribution < -0.4 is 14.7 Å². The van der Waals surface area contributed by atoms with Crippen LogP contribution in [0.3, 0.4) is 0 Å². The first-order chi connectivity index (χ1) is 12.6. The van der Waals surface area contributed by atoms with Gasteiger partial charge in [-0.3, -0.25) is 9.59 Å². The summed E-state index contributed by atoms with van der Waals surface area (Å²) in [6.45, 7) is 2.56. The minimum Gasteiger partial charge on any atom is -0.378 e. The number of aromatic nitrogens is 3. The van der Waals surface area contributed by atoms with E-state index in [1.165, 1.54) is 4.90 Å². The molecule has 1 aromatic heterocycles. The van der Waals surface area contributed by atoms with E-state index in [0.717, 1.165) is 4.90 Å². The number of ether oxygens (including phenoxy) is 1. The summed E-state index contributed by atoms with van der Waals surface area (Å²) in [5.74, 6) is -0.792. The summed E-state index contributed by atoms with van der Waals surface area (Å²) in [6.07, 6.45) is 0. The molecular formula is C16H16N6O3S. The highest BCUT2D eigenvalue weighted by Crippen LogP contribution is 2.26. The first kappa shape index (κ1) is 16.6. The predicted octanol–water partition coefficient (Wildman–Crippen LogP) is 0.316. The summed E-state index contributed by atoms with van der Waals surface area (Å²) >= 11 is 5.38. The smallest absolute Gasteiger partial charge is 0.326 e. The SMILES string of the molecule is Cn1nc(N2C(=O)C(=O)N(c3ccccc3)C2=S)nc1N1CCOCC1. The van der Waals surface area contributed by atoms with Crippen LogP contribution in [0.4, 0.5) is 17.6 Å². The van der Waals surface area contributed by atoms with Crippen molar-refractivity contribution in [2.24, 2.45) is 7.05 Å². The number of morpholine rings is 1. The van der Waals surface area contributed by atoms with Crippen LogP contribution in [0.1, 0.15) is 0 Å². The second-order valence-corrected chi connectivity index (χ2v) is 6.20. The normalized spacial score (nSPS) is 18.2. The van der Waals surface area contributed by atoms with E-state index in [1.807, 2.05) is 11.0 Å². The molecular weight excluding hydrogens is 356 g/mol. The van der Waals surface area contributed by atoms with Gasteiger partial charge >= 0.3 is 11.8 Å². The van der Waals surface area contributed by atoms with Crippen molar-refractivity contribution in [3.8, 4) is 0 Å². The maximum Gasteiger partial charge on any atom is 0.326 e. The highest BCUT2D eigenvalue weighted by atomic mass is 32.1. The number of thiocarbonyl (C=S) groups is 1. The van der Waals surface area contributed by atoms with E-state index in [1.54, 1.807) is 36.0 Å². The Balaban J connectivity index is 1.67. The van der Waals surface area contributed by atoms with E-state index in [4.69, 9.17) is 17.0 Å². The second-order valence-electron chi connectivity index (χ2n) is 5.83. The van der Waals surface area contributed by atoms with Crippen molar-refractivity contribution in [2.45, 2.75) is 0 Å². The van der Waals surface area contributed by atoms with Gasteiger partial charge in [0.25, 0.3) is 5.95 Å². The highest BCUT2D eigenvalue weighted by Gasteiger charge is 2.45. The lowest BCUT2D eigenvalue weighted by atomic mass is 10.3. The van der Waals surface area contributed by atoms with Gasteiger partial charge in [-0.05, 0) is 24.4 Å². The summed E-state index contributed by atoms with van der Waals surface area (Å²) in [6, 6.07) is 8.79. The fourth-order valence-electron chi connectivity index (χ4n) is 2.94. The number of aryl methyl sites for hydroxylation is 1. The monoisotopic (exact) mass is 372 g/mol. The third-order valence-electron chi connectivity index (χ3n) is 4.21. The molecule has 2 saturated heterocycles. The third kappa shape index (κ3) is 2.63. The van der Waals surface area contributed by atoms with Crippen LogP contribution in [0, 0.1) is 0 Å². The Labute approximate surface area is 154 Å². The number of nitrogens with zero attached hydrogens (tertiary/aromatic N) is 6. The number of rotatable bonds is 3. The maximum atomic E-state index is 12.5. The van der Waals surface area contributed by atoms with Crippen molar-refractivity contribution in [1.29, 1.82) is 0 Å². The molecule has 3 heterocycles. The van der Waals surface area contributed by atoms with E-state index in [9.17, 15) is 9.59 Å². The molecule has 0 N–H and O–H groups in total. The molecule has 2 fully saturated rings. The Morgan fingerprint density at radius 2 is 1.69 bits per heavy atom. The van der Waals surface area contributed by atoms with Crippen LogP contribution in [-0.2, 0) is 21.4 Å². The third-order valence-corrected chi connectivity index (χ3v) is 4.57. The summed E-state index contributed by atoms with van der Waals surface area (Å²) < 4.78 is 6.92. The number of hydrogen-bond donors (Lipinski definition) is 0. The Bertz CT molecular complexity index is 877. The first-order valence-corrected chi connectivity index (χ1v) is 8.50. The van der Waals surface area contributed by atoms with Gasteiger partial charge < -0.3 is 9.64 Å². The molecule has 0 radical (unpaired) electrons. The summed E-state index contributed by atoms with van der Waals surface area (Å²) in [5.41, 5.74) is 0.530. The van der Waals surface area contributed by atoms with Crippen LogP contribution in [0.25, 0.3) is 0 Å². The van der Waals surface area contributed by atoms with Crippen LogP contribution >= 0.6 is 12.2 Å². The average Bonchev–Trinajstić information content (AvgIpc) is 3.14. The van der Waals surface area contributed by atoms with Crippen LogP contribution in [0.2, 0.25) is 0 Å². The molecule has 2 aromatic rings. The Morgan fingerprint density at radius 3 is 2.38 bits per heavy atom. The number of carbonyl (C=O) groups excluding carboxylic acids is 2. The number of amides is 2. The molecule has 4 rings (SSSR count). The number of benzene rings is 1. The number of hydrogen-bond acceptors (Lipinski definition) is 7. The zero-order valence-corrected chi connectivity index (χ0v) is 14.8. The molecule has 0 atom stereocenters. The Morgan fingerprint density at radius 1 is 1.04 bits per heavy atom. The van der Waals surface area contributed by atoms with Gasteiger partial charge in [0.05, 0.1) is 18.9 Å². The van der Waals surface area contributed by atoms with Crippen LogP contribution in [0.5, 0.6) is 0 Å². The molecule has 26 heavy (non-hydrogen) atoms. The van der Waals surface area contributed by atoms with Gasteiger partial charge in [-0.25, -0.2) is 14.5 Å². The Hall–Kier alpha value is -2.85. The Kier molecular flexibility index (Phi) is 4.13. The summed E-state index contributed by atoms with van der Waals surface area (Å²) in [7, 11) is 1.74. The van der Waals surface area contributed by atoms with Gasteiger partial charge in [0, 0.05) is 20.1 Å². The van der Waals surface area contributed by atoms with Gasteiger partial charge in [0.15, 0.2) is 5.11 Å². The fraction of sp³-hybridized carbons (Fsp3) is 0.312. The molecule has 134 valence electrons. The standard InChI is InChI=1S/C16H16N6O3S/c1-19-15(20-7-9-25-10-8-20)17-14(18-19)22-13(24)12(23)21(16(22)26)11-5-3-2-4-6-11/h2-6H,7-10H2,1H3. The molecule has 2 aliphatic heterocycles. The van der Waals surface area contributed by atoms with Gasteiger partial charge in [-0.15, -0.1) is 5.10 Å². The number of para-hydroxylation sites is 1. The molecule has 1 aromatic carbocycles.